The average Bonchev–Trinajstić information content (AvgIpc) is 2.65. The van der Waals surface area contributed by atoms with Crippen molar-refractivity contribution >= 4 is 11.8 Å². The van der Waals surface area contributed by atoms with Crippen LogP contribution in [0.5, 0.6) is 5.75 Å². The molecule has 0 spiro atoms. The van der Waals surface area contributed by atoms with Crippen molar-refractivity contribution in [3.63, 3.8) is 0 Å². The second-order valence-electron chi connectivity index (χ2n) is 6.29. The van der Waals surface area contributed by atoms with Gasteiger partial charge in [-0.05, 0) is 42.3 Å². The Balaban J connectivity index is 2.19. The van der Waals surface area contributed by atoms with E-state index in [0.717, 1.165) is 5.56 Å². The van der Waals surface area contributed by atoms with E-state index in [2.05, 4.69) is 5.32 Å². The van der Waals surface area contributed by atoms with Crippen molar-refractivity contribution in [2.45, 2.75) is 32.9 Å². The van der Waals surface area contributed by atoms with Crippen LogP contribution in [-0.4, -0.2) is 36.4 Å². The van der Waals surface area contributed by atoms with Crippen molar-refractivity contribution in [2.75, 3.05) is 13.7 Å². The fraction of sp³-hybridized carbons (Fsp3) is 0.333. The van der Waals surface area contributed by atoms with Crippen LogP contribution in [-0.2, 0) is 22.6 Å². The first-order valence-corrected chi connectivity index (χ1v) is 8.86. The largest absolute Gasteiger partial charge is 0.497 e. The molecule has 1 N–H and O–H groups in total. The van der Waals surface area contributed by atoms with E-state index >= 15 is 0 Å². The van der Waals surface area contributed by atoms with Crippen LogP contribution in [0.2, 0.25) is 0 Å². The fourth-order valence-electron chi connectivity index (χ4n) is 2.90. The summed E-state index contributed by atoms with van der Waals surface area (Å²) < 4.78 is 18.7. The maximum absolute atomic E-state index is 13.4. The molecule has 5 nitrogen and oxygen atoms in total. The van der Waals surface area contributed by atoms with Gasteiger partial charge in [-0.1, -0.05) is 24.3 Å². The molecule has 0 heterocycles. The molecule has 0 unspecified atom stereocenters. The van der Waals surface area contributed by atoms with Gasteiger partial charge in [-0.2, -0.15) is 0 Å². The summed E-state index contributed by atoms with van der Waals surface area (Å²) in [4.78, 5) is 26.3. The van der Waals surface area contributed by atoms with E-state index in [1.54, 1.807) is 24.1 Å². The molecule has 0 fully saturated rings. The lowest BCUT2D eigenvalue weighted by Gasteiger charge is -2.27. The first-order valence-electron chi connectivity index (χ1n) is 8.86. The highest BCUT2D eigenvalue weighted by atomic mass is 19.1. The predicted octanol–water partition coefficient (Wildman–Crippen LogP) is 2.93. The molecule has 2 rings (SSSR count). The second-order valence-corrected chi connectivity index (χ2v) is 6.29. The van der Waals surface area contributed by atoms with Crippen LogP contribution in [0.25, 0.3) is 0 Å². The molecule has 2 amide bonds. The Kier molecular flexibility index (Phi) is 7.34. The van der Waals surface area contributed by atoms with Gasteiger partial charge in [-0.15, -0.1) is 0 Å². The van der Waals surface area contributed by atoms with Crippen LogP contribution in [0.4, 0.5) is 4.39 Å². The van der Waals surface area contributed by atoms with Gasteiger partial charge in [0.05, 0.1) is 7.11 Å². The molecule has 0 aliphatic carbocycles. The summed E-state index contributed by atoms with van der Waals surface area (Å²) in [6.07, 6.45) is 0.343. The standard InChI is InChI=1S/C21H25FN2O3/c1-4-24(14-17-8-5-9-18(22)11-17)21(26)20(23-15(2)25)13-16-7-6-10-19(12-16)27-3/h5-12,20H,4,13-14H2,1-3H3,(H,23,25)/t20-/m1/s1. The number of carbonyl (C=O) groups excluding carboxylic acids is 2. The van der Waals surface area contributed by atoms with Crippen LogP contribution >= 0.6 is 0 Å². The number of halogens is 1. The zero-order valence-electron chi connectivity index (χ0n) is 15.9. The number of ether oxygens (including phenoxy) is 1. The molecule has 0 bridgehead atoms. The Morgan fingerprint density at radius 2 is 1.85 bits per heavy atom. The van der Waals surface area contributed by atoms with E-state index in [-0.39, 0.29) is 24.2 Å². The number of rotatable bonds is 8. The van der Waals surface area contributed by atoms with Gasteiger partial charge in [0.2, 0.25) is 11.8 Å². The third-order valence-corrected chi connectivity index (χ3v) is 4.21. The summed E-state index contributed by atoms with van der Waals surface area (Å²) in [6, 6.07) is 12.8. The lowest BCUT2D eigenvalue weighted by atomic mass is 10.0. The van der Waals surface area contributed by atoms with Gasteiger partial charge in [0.1, 0.15) is 17.6 Å². The lowest BCUT2D eigenvalue weighted by molar-refractivity contribution is -0.136. The van der Waals surface area contributed by atoms with Crippen molar-refractivity contribution in [3.8, 4) is 5.75 Å². The Morgan fingerprint density at radius 1 is 1.15 bits per heavy atom. The summed E-state index contributed by atoms with van der Waals surface area (Å²) in [5.74, 6) is -0.141. The molecule has 1 atom stereocenters. The van der Waals surface area contributed by atoms with Crippen LogP contribution in [0.1, 0.15) is 25.0 Å². The highest BCUT2D eigenvalue weighted by molar-refractivity contribution is 5.87. The Bertz CT molecular complexity index is 795. The van der Waals surface area contributed by atoms with E-state index in [4.69, 9.17) is 4.74 Å². The maximum atomic E-state index is 13.4. The monoisotopic (exact) mass is 372 g/mol. The van der Waals surface area contributed by atoms with E-state index in [0.29, 0.717) is 24.3 Å². The van der Waals surface area contributed by atoms with Crippen LogP contribution in [0.15, 0.2) is 48.5 Å². The highest BCUT2D eigenvalue weighted by Gasteiger charge is 2.25. The van der Waals surface area contributed by atoms with Crippen LogP contribution in [0, 0.1) is 5.82 Å². The molecule has 0 aromatic heterocycles. The lowest BCUT2D eigenvalue weighted by Crippen LogP contribution is -2.49. The summed E-state index contributed by atoms with van der Waals surface area (Å²) in [5.41, 5.74) is 1.58. The molecule has 2 aromatic rings. The minimum atomic E-state index is -0.705. The van der Waals surface area contributed by atoms with Gasteiger partial charge in [0.15, 0.2) is 0 Å². The average molecular weight is 372 g/mol. The summed E-state index contributed by atoms with van der Waals surface area (Å²) in [5, 5.41) is 2.73. The predicted molar refractivity (Wildman–Crippen MR) is 102 cm³/mol. The normalized spacial score (nSPS) is 11.6. The summed E-state index contributed by atoms with van der Waals surface area (Å²) in [7, 11) is 1.58. The highest BCUT2D eigenvalue weighted by Crippen LogP contribution is 2.16. The summed E-state index contributed by atoms with van der Waals surface area (Å²) in [6.45, 7) is 3.97. The zero-order chi connectivity index (χ0) is 19.8. The van der Waals surface area contributed by atoms with E-state index in [1.807, 2.05) is 31.2 Å². The van der Waals surface area contributed by atoms with Crippen LogP contribution in [0.3, 0.4) is 0 Å². The minimum absolute atomic E-state index is 0.209. The van der Waals surface area contributed by atoms with Crippen molar-refractivity contribution in [1.29, 1.82) is 0 Å². The van der Waals surface area contributed by atoms with Crippen molar-refractivity contribution in [1.82, 2.24) is 10.2 Å². The molecule has 144 valence electrons. The van der Waals surface area contributed by atoms with E-state index < -0.39 is 6.04 Å². The number of benzene rings is 2. The zero-order valence-corrected chi connectivity index (χ0v) is 15.9. The number of methoxy groups -OCH3 is 1. The Morgan fingerprint density at radius 3 is 2.48 bits per heavy atom. The molecule has 2 aromatic carbocycles. The molecular weight excluding hydrogens is 347 g/mol. The van der Waals surface area contributed by atoms with Gasteiger partial charge in [0, 0.05) is 26.4 Å². The molecule has 0 radical (unpaired) electrons. The molecule has 0 saturated heterocycles. The molecule has 0 saturated carbocycles. The third kappa shape index (κ3) is 6.09. The van der Waals surface area contributed by atoms with Crippen LogP contribution < -0.4 is 10.1 Å². The van der Waals surface area contributed by atoms with Crippen molar-refractivity contribution in [2.24, 2.45) is 0 Å². The minimum Gasteiger partial charge on any atom is -0.497 e. The second kappa shape index (κ2) is 9.71. The molecule has 0 aliphatic heterocycles. The maximum Gasteiger partial charge on any atom is 0.245 e. The van der Waals surface area contributed by atoms with Gasteiger partial charge in [-0.3, -0.25) is 9.59 Å². The van der Waals surface area contributed by atoms with Gasteiger partial charge in [0.25, 0.3) is 0 Å². The molecule has 0 aliphatic rings. The van der Waals surface area contributed by atoms with Gasteiger partial charge >= 0.3 is 0 Å². The van der Waals surface area contributed by atoms with E-state index in [1.165, 1.54) is 19.1 Å². The number of hydrogen-bond acceptors (Lipinski definition) is 3. The Labute approximate surface area is 159 Å². The molecule has 6 heteroatoms. The topological polar surface area (TPSA) is 58.6 Å². The number of nitrogens with one attached hydrogen (secondary N) is 1. The Hall–Kier alpha value is -2.89. The van der Waals surface area contributed by atoms with Crippen molar-refractivity contribution < 1.29 is 18.7 Å². The first kappa shape index (κ1) is 20.4. The number of hydrogen-bond donors (Lipinski definition) is 1. The summed E-state index contributed by atoms with van der Waals surface area (Å²) >= 11 is 0. The first-order chi connectivity index (χ1) is 12.9. The SMILES string of the molecule is CCN(Cc1cccc(F)c1)C(=O)[C@@H](Cc1cccc(OC)c1)NC(C)=O. The molecule has 27 heavy (non-hydrogen) atoms. The number of amides is 2. The molecular formula is C21H25FN2O3. The number of carbonyl (C=O) groups is 2. The van der Waals surface area contributed by atoms with E-state index in [9.17, 15) is 14.0 Å². The van der Waals surface area contributed by atoms with Crippen molar-refractivity contribution in [3.05, 3.63) is 65.5 Å². The smallest absolute Gasteiger partial charge is 0.245 e. The number of likely N-dealkylation sites (N-methyl/N-ethyl adjacent to an activating group) is 1. The third-order valence-electron chi connectivity index (χ3n) is 4.21. The van der Waals surface area contributed by atoms with Gasteiger partial charge in [-0.25, -0.2) is 4.39 Å². The quantitative estimate of drug-likeness (QED) is 0.775. The van der Waals surface area contributed by atoms with Gasteiger partial charge < -0.3 is 15.0 Å². The number of nitrogens with zero attached hydrogens (tertiary/aromatic N) is 1. The fourth-order valence-corrected chi connectivity index (χ4v) is 2.90.